The molecule has 0 aliphatic carbocycles. The van der Waals surface area contributed by atoms with Gasteiger partial charge in [0.15, 0.2) is 5.96 Å². The van der Waals surface area contributed by atoms with Gasteiger partial charge < -0.3 is 20.3 Å². The third-order valence-electron chi connectivity index (χ3n) is 4.22. The lowest BCUT2D eigenvalue weighted by atomic mass is 10.3. The van der Waals surface area contributed by atoms with Crippen molar-refractivity contribution < 1.29 is 4.74 Å². The number of methoxy groups -OCH3 is 1. The quantitative estimate of drug-likeness (QED) is 0.372. The molecule has 9 heteroatoms. The van der Waals surface area contributed by atoms with Crippen LogP contribution in [0.1, 0.15) is 12.1 Å². The number of guanidine groups is 1. The zero-order chi connectivity index (χ0) is 18.4. The zero-order valence-electron chi connectivity index (χ0n) is 15.4. The van der Waals surface area contributed by atoms with Crippen LogP contribution in [-0.4, -0.2) is 49.2 Å². The van der Waals surface area contributed by atoms with Gasteiger partial charge in [0.1, 0.15) is 5.82 Å². The average molecular weight is 503 g/mol. The largest absolute Gasteiger partial charge is 0.481 e. The number of aliphatic imine (C=N–C) groups is 1. The Balaban J connectivity index is 0.00000261. The topological polar surface area (TPSA) is 74.7 Å². The number of nitrogens with one attached hydrogen (secondary N) is 2. The monoisotopic (exact) mass is 502 g/mol. The third-order valence-corrected chi connectivity index (χ3v) is 4.51. The van der Waals surface area contributed by atoms with E-state index in [1.54, 1.807) is 20.4 Å². The maximum atomic E-state index is 6.25. The van der Waals surface area contributed by atoms with E-state index in [-0.39, 0.29) is 30.0 Å². The number of pyridine rings is 2. The summed E-state index contributed by atoms with van der Waals surface area (Å²) in [6.07, 6.45) is 2.76. The molecule has 3 rings (SSSR count). The van der Waals surface area contributed by atoms with Gasteiger partial charge in [-0.25, -0.2) is 9.97 Å². The highest BCUT2D eigenvalue weighted by molar-refractivity contribution is 14.0. The molecule has 2 aromatic rings. The van der Waals surface area contributed by atoms with Crippen molar-refractivity contribution in [3.05, 3.63) is 47.2 Å². The Labute approximate surface area is 181 Å². The maximum Gasteiger partial charge on any atom is 0.213 e. The Bertz CT molecular complexity index is 775. The van der Waals surface area contributed by atoms with E-state index in [2.05, 4.69) is 30.5 Å². The standard InChI is InChI=1S/C18H23ClN6O.HI/c1-20-18(22-11-13-5-3-7-16(23-13)26-2)24-14-8-10-25(12-14)17-15(19)6-4-9-21-17;/h3-7,9,14H,8,10-12H2,1-2H3,(H2,20,22,24);1H. The van der Waals surface area contributed by atoms with Crippen LogP contribution in [0, 0.1) is 0 Å². The summed E-state index contributed by atoms with van der Waals surface area (Å²) in [5.74, 6) is 2.18. The fourth-order valence-electron chi connectivity index (χ4n) is 2.91. The number of aromatic nitrogens is 2. The first-order valence-electron chi connectivity index (χ1n) is 8.52. The lowest BCUT2D eigenvalue weighted by Crippen LogP contribution is -2.44. The summed E-state index contributed by atoms with van der Waals surface area (Å²) < 4.78 is 5.15. The number of halogens is 2. The molecule has 0 aromatic carbocycles. The molecular formula is C18H24ClIN6O. The molecule has 1 aliphatic rings. The minimum absolute atomic E-state index is 0. The summed E-state index contributed by atoms with van der Waals surface area (Å²) >= 11 is 6.25. The predicted octanol–water partition coefficient (Wildman–Crippen LogP) is 2.70. The molecule has 0 spiro atoms. The fraction of sp³-hybridized carbons (Fsp3) is 0.389. The van der Waals surface area contributed by atoms with Crippen molar-refractivity contribution in [2.24, 2.45) is 4.99 Å². The Morgan fingerprint density at radius 3 is 2.96 bits per heavy atom. The minimum Gasteiger partial charge on any atom is -0.481 e. The Hall–Kier alpha value is -1.81. The Morgan fingerprint density at radius 2 is 2.22 bits per heavy atom. The SMILES string of the molecule is CN=C(NCc1cccc(OC)n1)NC1CCN(c2ncccc2Cl)C1.I. The lowest BCUT2D eigenvalue weighted by molar-refractivity contribution is 0.396. The van der Waals surface area contributed by atoms with Gasteiger partial charge in [0, 0.05) is 38.4 Å². The molecule has 0 radical (unpaired) electrons. The van der Waals surface area contributed by atoms with Crippen LogP contribution >= 0.6 is 35.6 Å². The van der Waals surface area contributed by atoms with Crippen LogP contribution in [0.15, 0.2) is 41.5 Å². The van der Waals surface area contributed by atoms with Gasteiger partial charge in [0.2, 0.25) is 5.88 Å². The van der Waals surface area contributed by atoms with Crippen molar-refractivity contribution in [3.8, 4) is 5.88 Å². The normalized spacial score (nSPS) is 16.6. The Kier molecular flexibility index (Phi) is 8.36. The van der Waals surface area contributed by atoms with Gasteiger partial charge in [-0.3, -0.25) is 4.99 Å². The highest BCUT2D eigenvalue weighted by Gasteiger charge is 2.25. The number of rotatable bonds is 5. The van der Waals surface area contributed by atoms with Crippen LogP contribution in [0.5, 0.6) is 5.88 Å². The van der Waals surface area contributed by atoms with Gasteiger partial charge in [0.05, 0.1) is 24.4 Å². The molecule has 0 amide bonds. The molecule has 27 heavy (non-hydrogen) atoms. The van der Waals surface area contributed by atoms with Gasteiger partial charge >= 0.3 is 0 Å². The first-order chi connectivity index (χ1) is 12.7. The number of anilines is 1. The van der Waals surface area contributed by atoms with E-state index in [0.717, 1.165) is 37.0 Å². The van der Waals surface area contributed by atoms with Crippen molar-refractivity contribution in [2.75, 3.05) is 32.1 Å². The number of hydrogen-bond acceptors (Lipinski definition) is 5. The molecule has 1 aliphatic heterocycles. The smallest absolute Gasteiger partial charge is 0.213 e. The van der Waals surface area contributed by atoms with Crippen molar-refractivity contribution in [2.45, 2.75) is 19.0 Å². The van der Waals surface area contributed by atoms with Crippen molar-refractivity contribution >= 4 is 47.4 Å². The van der Waals surface area contributed by atoms with Gasteiger partial charge in [-0.1, -0.05) is 17.7 Å². The van der Waals surface area contributed by atoms with Crippen molar-refractivity contribution in [1.82, 2.24) is 20.6 Å². The fourth-order valence-corrected chi connectivity index (χ4v) is 3.15. The highest BCUT2D eigenvalue weighted by Crippen LogP contribution is 2.25. The van der Waals surface area contributed by atoms with E-state index in [9.17, 15) is 0 Å². The molecule has 7 nitrogen and oxygen atoms in total. The van der Waals surface area contributed by atoms with Crippen LogP contribution in [0.3, 0.4) is 0 Å². The first kappa shape index (κ1) is 21.5. The summed E-state index contributed by atoms with van der Waals surface area (Å²) in [6, 6.07) is 9.68. The highest BCUT2D eigenvalue weighted by atomic mass is 127. The summed E-state index contributed by atoms with van der Waals surface area (Å²) in [5.41, 5.74) is 0.889. The third kappa shape index (κ3) is 5.83. The van der Waals surface area contributed by atoms with E-state index in [1.165, 1.54) is 0 Å². The second-order valence-electron chi connectivity index (χ2n) is 5.98. The molecule has 146 valence electrons. The molecule has 2 aromatic heterocycles. The van der Waals surface area contributed by atoms with Crippen molar-refractivity contribution in [1.29, 1.82) is 0 Å². The summed E-state index contributed by atoms with van der Waals surface area (Å²) in [6.45, 7) is 2.30. The molecule has 1 atom stereocenters. The molecule has 1 saturated heterocycles. The van der Waals surface area contributed by atoms with Crippen LogP contribution in [-0.2, 0) is 6.54 Å². The number of hydrogen-bond donors (Lipinski definition) is 2. The average Bonchev–Trinajstić information content (AvgIpc) is 3.14. The maximum absolute atomic E-state index is 6.25. The van der Waals surface area contributed by atoms with Crippen molar-refractivity contribution in [3.63, 3.8) is 0 Å². The van der Waals surface area contributed by atoms with E-state index in [0.29, 0.717) is 17.4 Å². The second-order valence-corrected chi connectivity index (χ2v) is 6.39. The van der Waals surface area contributed by atoms with E-state index in [1.807, 2.05) is 30.3 Å². The molecule has 3 heterocycles. The number of nitrogens with zero attached hydrogens (tertiary/aromatic N) is 4. The molecule has 0 saturated carbocycles. The molecular weight excluding hydrogens is 479 g/mol. The molecule has 0 bridgehead atoms. The first-order valence-corrected chi connectivity index (χ1v) is 8.90. The Morgan fingerprint density at radius 1 is 1.37 bits per heavy atom. The van der Waals surface area contributed by atoms with Gasteiger partial charge in [-0.05, 0) is 24.6 Å². The molecule has 2 N–H and O–H groups in total. The van der Waals surface area contributed by atoms with E-state index in [4.69, 9.17) is 16.3 Å². The summed E-state index contributed by atoms with van der Waals surface area (Å²) in [5, 5.41) is 7.42. The summed E-state index contributed by atoms with van der Waals surface area (Å²) in [7, 11) is 3.37. The van der Waals surface area contributed by atoms with E-state index < -0.39 is 0 Å². The van der Waals surface area contributed by atoms with Crippen LogP contribution in [0.4, 0.5) is 5.82 Å². The lowest BCUT2D eigenvalue weighted by Gasteiger charge is -2.20. The van der Waals surface area contributed by atoms with E-state index >= 15 is 0 Å². The zero-order valence-corrected chi connectivity index (χ0v) is 18.4. The van der Waals surface area contributed by atoms with Gasteiger partial charge in [-0.2, -0.15) is 0 Å². The molecule has 1 fully saturated rings. The van der Waals surface area contributed by atoms with Crippen LogP contribution in [0.25, 0.3) is 0 Å². The van der Waals surface area contributed by atoms with Gasteiger partial charge in [-0.15, -0.1) is 24.0 Å². The van der Waals surface area contributed by atoms with Crippen LogP contribution in [0.2, 0.25) is 5.02 Å². The second kappa shape index (κ2) is 10.5. The molecule has 1 unspecified atom stereocenters. The number of ether oxygens (including phenoxy) is 1. The van der Waals surface area contributed by atoms with Crippen LogP contribution < -0.4 is 20.3 Å². The minimum atomic E-state index is 0. The predicted molar refractivity (Wildman–Crippen MR) is 119 cm³/mol. The summed E-state index contributed by atoms with van der Waals surface area (Å²) in [4.78, 5) is 15.3. The van der Waals surface area contributed by atoms with Gasteiger partial charge in [0.25, 0.3) is 0 Å².